The quantitative estimate of drug-likeness (QED) is 0.563. The molecule has 0 saturated heterocycles. The lowest BCUT2D eigenvalue weighted by Crippen LogP contribution is -2.15. The Morgan fingerprint density at radius 2 is 1.55 bits per heavy atom. The molecule has 1 amide bonds. The monoisotopic (exact) mass is 436 g/mol. The molecule has 2 N–H and O–H groups in total. The molecule has 3 aromatic rings. The first-order valence-electron chi connectivity index (χ1n) is 9.63. The SMILES string of the molecule is CC(C)(C)c1ccc(/C=C/C(=O)Nc2ccc(S(=O)(=O)Nc3ncccn3)cc2)cc1. The number of carbonyl (C=O) groups is 1. The molecule has 0 aliphatic heterocycles. The fourth-order valence-corrected chi connectivity index (χ4v) is 3.66. The van der Waals surface area contributed by atoms with E-state index in [1.165, 1.54) is 48.3 Å². The van der Waals surface area contributed by atoms with Gasteiger partial charge in [0.1, 0.15) is 0 Å². The van der Waals surface area contributed by atoms with Crippen molar-refractivity contribution in [1.82, 2.24) is 9.97 Å². The Hall–Kier alpha value is -3.52. The average molecular weight is 437 g/mol. The first kappa shape index (κ1) is 22.2. The largest absolute Gasteiger partial charge is 0.323 e. The van der Waals surface area contributed by atoms with E-state index in [0.29, 0.717) is 5.69 Å². The van der Waals surface area contributed by atoms with Gasteiger partial charge < -0.3 is 5.32 Å². The summed E-state index contributed by atoms with van der Waals surface area (Å²) in [5.74, 6) is -0.327. The standard InChI is InChI=1S/C23H24N4O3S/c1-23(2,3)18-8-5-17(6-9-18)7-14-21(28)26-19-10-12-20(13-11-19)31(29,30)27-22-24-15-4-16-25-22/h4-16H,1-3H3,(H,26,28)(H,24,25,27)/b14-7+. The molecule has 0 radical (unpaired) electrons. The lowest BCUT2D eigenvalue weighted by molar-refractivity contribution is -0.111. The summed E-state index contributed by atoms with van der Waals surface area (Å²) in [7, 11) is -3.82. The Morgan fingerprint density at radius 1 is 0.935 bits per heavy atom. The van der Waals surface area contributed by atoms with E-state index in [1.807, 2.05) is 24.3 Å². The van der Waals surface area contributed by atoms with Gasteiger partial charge in [-0.3, -0.25) is 4.79 Å². The highest BCUT2D eigenvalue weighted by atomic mass is 32.2. The number of hydrogen-bond acceptors (Lipinski definition) is 5. The van der Waals surface area contributed by atoms with Gasteiger partial charge in [-0.15, -0.1) is 0 Å². The van der Waals surface area contributed by atoms with Crippen LogP contribution < -0.4 is 10.0 Å². The zero-order valence-corrected chi connectivity index (χ0v) is 18.3. The minimum absolute atomic E-state index is 0.0134. The maximum Gasteiger partial charge on any atom is 0.264 e. The number of sulfonamides is 1. The summed E-state index contributed by atoms with van der Waals surface area (Å²) in [6, 6.07) is 15.4. The topological polar surface area (TPSA) is 101 Å². The van der Waals surface area contributed by atoms with Crippen molar-refractivity contribution in [2.75, 3.05) is 10.0 Å². The Morgan fingerprint density at radius 3 is 2.13 bits per heavy atom. The van der Waals surface area contributed by atoms with E-state index in [4.69, 9.17) is 0 Å². The van der Waals surface area contributed by atoms with Crippen molar-refractivity contribution in [3.8, 4) is 0 Å². The van der Waals surface area contributed by atoms with Crippen LogP contribution in [0.4, 0.5) is 11.6 Å². The average Bonchev–Trinajstić information content (AvgIpc) is 2.73. The summed E-state index contributed by atoms with van der Waals surface area (Å²) in [6.07, 6.45) is 6.04. The van der Waals surface area contributed by atoms with Crippen LogP contribution in [0.15, 0.2) is 78.0 Å². The smallest absolute Gasteiger partial charge is 0.264 e. The molecule has 31 heavy (non-hydrogen) atoms. The summed E-state index contributed by atoms with van der Waals surface area (Å²) in [4.78, 5) is 19.9. The molecule has 0 fully saturated rings. The van der Waals surface area contributed by atoms with Crippen molar-refractivity contribution in [2.45, 2.75) is 31.1 Å². The summed E-state index contributed by atoms with van der Waals surface area (Å²) >= 11 is 0. The highest BCUT2D eigenvalue weighted by Gasteiger charge is 2.15. The lowest BCUT2D eigenvalue weighted by Gasteiger charge is -2.18. The molecule has 0 saturated carbocycles. The van der Waals surface area contributed by atoms with Crippen LogP contribution >= 0.6 is 0 Å². The molecule has 160 valence electrons. The third-order valence-electron chi connectivity index (χ3n) is 4.43. The molecular formula is C23H24N4O3S. The molecule has 3 rings (SSSR count). The predicted molar refractivity (Wildman–Crippen MR) is 122 cm³/mol. The second kappa shape index (κ2) is 9.09. The molecule has 1 aromatic heterocycles. The van der Waals surface area contributed by atoms with E-state index in [9.17, 15) is 13.2 Å². The number of anilines is 2. The van der Waals surface area contributed by atoms with Crippen molar-refractivity contribution >= 4 is 33.6 Å². The first-order chi connectivity index (χ1) is 14.6. The predicted octanol–water partition coefficient (Wildman–Crippen LogP) is 4.23. The maximum absolute atomic E-state index is 12.4. The van der Waals surface area contributed by atoms with Crippen LogP contribution in [0.3, 0.4) is 0 Å². The van der Waals surface area contributed by atoms with E-state index in [1.54, 1.807) is 12.1 Å². The van der Waals surface area contributed by atoms with E-state index < -0.39 is 10.0 Å². The van der Waals surface area contributed by atoms with Gasteiger partial charge in [0.15, 0.2) is 0 Å². The summed E-state index contributed by atoms with van der Waals surface area (Å²) in [5, 5.41) is 2.71. The number of nitrogens with zero attached hydrogens (tertiary/aromatic N) is 2. The van der Waals surface area contributed by atoms with Gasteiger partial charge in [-0.2, -0.15) is 0 Å². The summed E-state index contributed by atoms with van der Waals surface area (Å²) in [5.41, 5.74) is 2.69. The van der Waals surface area contributed by atoms with Crippen molar-refractivity contribution < 1.29 is 13.2 Å². The van der Waals surface area contributed by atoms with Crippen LogP contribution in [0.5, 0.6) is 0 Å². The van der Waals surface area contributed by atoms with Crippen LogP contribution in [-0.2, 0) is 20.2 Å². The molecule has 0 aliphatic rings. The molecule has 8 heteroatoms. The lowest BCUT2D eigenvalue weighted by atomic mass is 9.87. The van der Waals surface area contributed by atoms with Gasteiger partial charge in [-0.25, -0.2) is 23.1 Å². The second-order valence-electron chi connectivity index (χ2n) is 7.90. The fraction of sp³-hybridized carbons (Fsp3) is 0.174. The summed E-state index contributed by atoms with van der Waals surface area (Å²) < 4.78 is 27.1. The Labute approximate surface area is 182 Å². The van der Waals surface area contributed by atoms with E-state index in [2.05, 4.69) is 40.8 Å². The molecule has 0 unspecified atom stereocenters. The maximum atomic E-state index is 12.4. The van der Waals surface area contributed by atoms with Gasteiger partial charge >= 0.3 is 0 Å². The van der Waals surface area contributed by atoms with Crippen LogP contribution in [-0.4, -0.2) is 24.3 Å². The zero-order chi connectivity index (χ0) is 22.5. The van der Waals surface area contributed by atoms with E-state index in [-0.39, 0.29) is 22.2 Å². The Bertz CT molecular complexity index is 1170. The Kier molecular flexibility index (Phi) is 6.50. The van der Waals surface area contributed by atoms with Crippen molar-refractivity contribution in [3.05, 3.63) is 84.2 Å². The van der Waals surface area contributed by atoms with Crippen LogP contribution in [0, 0.1) is 0 Å². The zero-order valence-electron chi connectivity index (χ0n) is 17.5. The van der Waals surface area contributed by atoms with Crippen LogP contribution in [0.1, 0.15) is 31.9 Å². The van der Waals surface area contributed by atoms with Gasteiger partial charge in [0.2, 0.25) is 11.9 Å². The number of benzene rings is 2. The third kappa shape index (κ3) is 6.23. The minimum Gasteiger partial charge on any atom is -0.323 e. The molecule has 0 bridgehead atoms. The number of amides is 1. The molecule has 1 heterocycles. The second-order valence-corrected chi connectivity index (χ2v) is 9.58. The number of rotatable bonds is 6. The van der Waals surface area contributed by atoms with Gasteiger partial charge in [0, 0.05) is 24.2 Å². The molecule has 7 nitrogen and oxygen atoms in total. The molecule has 0 atom stereocenters. The summed E-state index contributed by atoms with van der Waals surface area (Å²) in [6.45, 7) is 6.44. The molecule has 0 spiro atoms. The number of hydrogen-bond donors (Lipinski definition) is 2. The molecular weight excluding hydrogens is 412 g/mol. The van der Waals surface area contributed by atoms with Crippen molar-refractivity contribution in [3.63, 3.8) is 0 Å². The normalized spacial score (nSPS) is 12.0. The van der Waals surface area contributed by atoms with Crippen molar-refractivity contribution in [2.24, 2.45) is 0 Å². The van der Waals surface area contributed by atoms with Crippen LogP contribution in [0.2, 0.25) is 0 Å². The fourth-order valence-electron chi connectivity index (χ4n) is 2.70. The number of carbonyl (C=O) groups excluding carboxylic acids is 1. The highest BCUT2D eigenvalue weighted by Crippen LogP contribution is 2.22. The highest BCUT2D eigenvalue weighted by molar-refractivity contribution is 7.92. The molecule has 0 aliphatic carbocycles. The van der Waals surface area contributed by atoms with Gasteiger partial charge in [-0.05, 0) is 52.9 Å². The van der Waals surface area contributed by atoms with E-state index >= 15 is 0 Å². The first-order valence-corrected chi connectivity index (χ1v) is 11.1. The third-order valence-corrected chi connectivity index (χ3v) is 5.77. The minimum atomic E-state index is -3.82. The Balaban J connectivity index is 1.61. The number of aromatic nitrogens is 2. The van der Waals surface area contributed by atoms with E-state index in [0.717, 1.165) is 5.56 Å². The van der Waals surface area contributed by atoms with Gasteiger partial charge in [0.05, 0.1) is 4.90 Å². The molecule has 2 aromatic carbocycles. The van der Waals surface area contributed by atoms with Gasteiger partial charge in [0.25, 0.3) is 10.0 Å². The van der Waals surface area contributed by atoms with Crippen molar-refractivity contribution in [1.29, 1.82) is 0 Å². The van der Waals surface area contributed by atoms with Gasteiger partial charge in [-0.1, -0.05) is 45.0 Å². The number of nitrogens with one attached hydrogen (secondary N) is 2. The van der Waals surface area contributed by atoms with Crippen LogP contribution in [0.25, 0.3) is 6.08 Å².